The van der Waals surface area contributed by atoms with Gasteiger partial charge in [0.1, 0.15) is 0 Å². The second kappa shape index (κ2) is 6.92. The maximum atomic E-state index is 12.4. The lowest BCUT2D eigenvalue weighted by Crippen LogP contribution is -2.52. The number of esters is 1. The highest BCUT2D eigenvalue weighted by atomic mass is 16.5. The van der Waals surface area contributed by atoms with Crippen LogP contribution in [0.2, 0.25) is 0 Å². The Bertz CT molecular complexity index is 486. The Kier molecular flexibility index (Phi) is 4.81. The quantitative estimate of drug-likeness (QED) is 0.711. The number of hydrogen-bond donors (Lipinski definition) is 0. The molecule has 0 aromatic heterocycles. The third-order valence-corrected chi connectivity index (χ3v) is 7.80. The van der Waals surface area contributed by atoms with Crippen molar-refractivity contribution in [3.05, 3.63) is 0 Å². The van der Waals surface area contributed by atoms with Gasteiger partial charge < -0.3 is 9.64 Å². The lowest BCUT2D eigenvalue weighted by Gasteiger charge is -2.60. The van der Waals surface area contributed by atoms with E-state index in [0.717, 1.165) is 36.8 Å². The van der Waals surface area contributed by atoms with Crippen LogP contribution >= 0.6 is 0 Å². The van der Waals surface area contributed by atoms with Gasteiger partial charge in [0.2, 0.25) is 5.91 Å². The molecule has 1 saturated heterocycles. The number of ether oxygens (including phenoxy) is 1. The normalized spacial score (nSPS) is 37.3. The number of amides is 1. The van der Waals surface area contributed by atoms with Gasteiger partial charge in [0, 0.05) is 25.9 Å². The van der Waals surface area contributed by atoms with Crippen molar-refractivity contribution in [3.63, 3.8) is 0 Å². The predicted octanol–water partition coefficient (Wildman–Crippen LogP) is 3.78. The fourth-order valence-electron chi connectivity index (χ4n) is 7.06. The maximum Gasteiger partial charge on any atom is 0.305 e. The summed E-state index contributed by atoms with van der Waals surface area (Å²) in [5.74, 6) is 3.92. The molecular weight excluding hydrogens is 314 g/mol. The Morgan fingerprint density at radius 2 is 1.52 bits per heavy atom. The average molecular weight is 347 g/mol. The van der Waals surface area contributed by atoms with Crippen molar-refractivity contribution >= 4 is 11.9 Å². The molecule has 0 radical (unpaired) electrons. The van der Waals surface area contributed by atoms with Crippen LogP contribution in [0.15, 0.2) is 0 Å². The number of rotatable bonds is 5. The zero-order valence-corrected chi connectivity index (χ0v) is 15.7. The molecule has 4 bridgehead atoms. The first-order chi connectivity index (χ1) is 12.1. The highest BCUT2D eigenvalue weighted by Gasteiger charge is 2.54. The van der Waals surface area contributed by atoms with Crippen LogP contribution in [0, 0.1) is 29.1 Å². The monoisotopic (exact) mass is 347 g/mol. The van der Waals surface area contributed by atoms with E-state index in [1.165, 1.54) is 58.5 Å². The van der Waals surface area contributed by atoms with E-state index in [-0.39, 0.29) is 11.9 Å². The van der Waals surface area contributed by atoms with E-state index in [1.54, 1.807) is 0 Å². The van der Waals surface area contributed by atoms with Crippen LogP contribution in [0.4, 0.5) is 0 Å². The molecule has 0 aromatic carbocycles. The minimum absolute atomic E-state index is 0.215. The van der Waals surface area contributed by atoms with Crippen LogP contribution in [0.1, 0.15) is 70.6 Å². The van der Waals surface area contributed by atoms with Crippen molar-refractivity contribution in [2.75, 3.05) is 20.2 Å². The Labute approximate surface area is 151 Å². The van der Waals surface area contributed by atoms with Crippen molar-refractivity contribution in [2.45, 2.75) is 70.6 Å². The molecule has 0 aromatic rings. The van der Waals surface area contributed by atoms with Gasteiger partial charge in [0.15, 0.2) is 0 Å². The van der Waals surface area contributed by atoms with Gasteiger partial charge in [-0.1, -0.05) is 0 Å². The Morgan fingerprint density at radius 1 is 0.960 bits per heavy atom. The van der Waals surface area contributed by atoms with Crippen LogP contribution in [-0.4, -0.2) is 37.0 Å². The first-order valence-electron chi connectivity index (χ1n) is 10.4. The van der Waals surface area contributed by atoms with Crippen LogP contribution in [-0.2, 0) is 14.3 Å². The Hall–Kier alpha value is -1.06. The van der Waals surface area contributed by atoms with Crippen molar-refractivity contribution in [3.8, 4) is 0 Å². The SMILES string of the molecule is COC(=O)CCCC(=O)N1CCC(C23CC4CC(CC(C4)C2)C3)CC1. The molecule has 140 valence electrons. The summed E-state index contributed by atoms with van der Waals surface area (Å²) in [6.45, 7) is 1.87. The van der Waals surface area contributed by atoms with Crippen LogP contribution in [0.25, 0.3) is 0 Å². The molecule has 5 fully saturated rings. The van der Waals surface area contributed by atoms with Gasteiger partial charge >= 0.3 is 5.97 Å². The standard InChI is InChI=1S/C21H33NO3/c1-25-20(24)4-2-3-19(23)22-7-5-18(6-8-22)21-12-15-9-16(13-21)11-17(10-15)14-21/h15-18H,2-14H2,1H3. The smallest absolute Gasteiger partial charge is 0.305 e. The van der Waals surface area contributed by atoms with E-state index >= 15 is 0 Å². The molecule has 4 nitrogen and oxygen atoms in total. The molecular formula is C21H33NO3. The van der Waals surface area contributed by atoms with E-state index in [1.807, 2.05) is 4.90 Å². The van der Waals surface area contributed by atoms with Crippen LogP contribution in [0.5, 0.6) is 0 Å². The van der Waals surface area contributed by atoms with E-state index in [4.69, 9.17) is 0 Å². The lowest BCUT2D eigenvalue weighted by molar-refractivity contribution is -0.141. The number of piperidine rings is 1. The van der Waals surface area contributed by atoms with E-state index in [0.29, 0.717) is 24.7 Å². The molecule has 1 aliphatic heterocycles. The summed E-state index contributed by atoms with van der Waals surface area (Å²) in [6, 6.07) is 0. The molecule has 4 saturated carbocycles. The summed E-state index contributed by atoms with van der Waals surface area (Å²) < 4.78 is 4.64. The highest BCUT2D eigenvalue weighted by molar-refractivity contribution is 5.77. The van der Waals surface area contributed by atoms with Gasteiger partial charge in [0.25, 0.3) is 0 Å². The summed E-state index contributed by atoms with van der Waals surface area (Å²) in [5.41, 5.74) is 0.634. The lowest BCUT2D eigenvalue weighted by atomic mass is 9.45. The summed E-state index contributed by atoms with van der Waals surface area (Å²) in [5, 5.41) is 0. The third-order valence-electron chi connectivity index (χ3n) is 7.80. The number of nitrogens with zero attached hydrogens (tertiary/aromatic N) is 1. The highest BCUT2D eigenvalue weighted by Crippen LogP contribution is 2.64. The molecule has 5 rings (SSSR count). The topological polar surface area (TPSA) is 46.6 Å². The molecule has 4 heteroatoms. The fourth-order valence-corrected chi connectivity index (χ4v) is 7.06. The van der Waals surface area contributed by atoms with Gasteiger partial charge in [-0.15, -0.1) is 0 Å². The molecule has 0 unspecified atom stereocenters. The molecule has 5 aliphatic rings. The number of methoxy groups -OCH3 is 1. The molecule has 0 spiro atoms. The van der Waals surface area contributed by atoms with E-state index in [2.05, 4.69) is 4.74 Å². The number of hydrogen-bond acceptors (Lipinski definition) is 3. The van der Waals surface area contributed by atoms with Crippen molar-refractivity contribution < 1.29 is 14.3 Å². The number of carbonyl (C=O) groups is 2. The minimum atomic E-state index is -0.215. The second-order valence-electron chi connectivity index (χ2n) is 9.36. The third kappa shape index (κ3) is 3.46. The van der Waals surface area contributed by atoms with Gasteiger partial charge in [-0.25, -0.2) is 0 Å². The Balaban J connectivity index is 1.27. The predicted molar refractivity (Wildman–Crippen MR) is 95.8 cm³/mol. The molecule has 25 heavy (non-hydrogen) atoms. The zero-order chi connectivity index (χ0) is 17.4. The largest absolute Gasteiger partial charge is 0.469 e. The van der Waals surface area contributed by atoms with Crippen LogP contribution < -0.4 is 0 Å². The van der Waals surface area contributed by atoms with Gasteiger partial charge in [-0.05, 0) is 86.9 Å². The average Bonchev–Trinajstić information content (AvgIpc) is 2.60. The second-order valence-corrected chi connectivity index (χ2v) is 9.36. The van der Waals surface area contributed by atoms with Gasteiger partial charge in [-0.2, -0.15) is 0 Å². The zero-order valence-electron chi connectivity index (χ0n) is 15.7. The molecule has 4 aliphatic carbocycles. The van der Waals surface area contributed by atoms with Gasteiger partial charge in [-0.3, -0.25) is 9.59 Å². The van der Waals surface area contributed by atoms with Crippen LogP contribution in [0.3, 0.4) is 0 Å². The fraction of sp³-hybridized carbons (Fsp3) is 0.905. The Morgan fingerprint density at radius 3 is 2.04 bits per heavy atom. The minimum Gasteiger partial charge on any atom is -0.469 e. The van der Waals surface area contributed by atoms with E-state index in [9.17, 15) is 9.59 Å². The van der Waals surface area contributed by atoms with Crippen molar-refractivity contribution in [2.24, 2.45) is 29.1 Å². The summed E-state index contributed by atoms with van der Waals surface area (Å²) >= 11 is 0. The summed E-state index contributed by atoms with van der Waals surface area (Å²) in [6.07, 6.45) is 12.8. The van der Waals surface area contributed by atoms with Crippen molar-refractivity contribution in [1.82, 2.24) is 4.90 Å². The number of likely N-dealkylation sites (tertiary alicyclic amines) is 1. The van der Waals surface area contributed by atoms with Crippen molar-refractivity contribution in [1.29, 1.82) is 0 Å². The number of carbonyl (C=O) groups excluding carboxylic acids is 2. The summed E-state index contributed by atoms with van der Waals surface area (Å²) in [7, 11) is 1.40. The van der Waals surface area contributed by atoms with Gasteiger partial charge in [0.05, 0.1) is 7.11 Å². The molecule has 0 atom stereocenters. The maximum absolute atomic E-state index is 12.4. The first-order valence-corrected chi connectivity index (χ1v) is 10.4. The van der Waals surface area contributed by atoms with E-state index < -0.39 is 0 Å². The molecule has 0 N–H and O–H groups in total. The molecule has 1 heterocycles. The first kappa shape index (κ1) is 17.4. The molecule has 1 amide bonds. The summed E-state index contributed by atoms with van der Waals surface area (Å²) in [4.78, 5) is 25.6.